The first-order valence-corrected chi connectivity index (χ1v) is 13.4. The minimum absolute atomic E-state index is 0.122. The second-order valence-corrected chi connectivity index (χ2v) is 11.2. The molecule has 1 atom stereocenters. The maximum Gasteiger partial charge on any atom is 0.244 e. The molecule has 1 N–H and O–H groups in total. The Morgan fingerprint density at radius 2 is 1.74 bits per heavy atom. The average Bonchev–Trinajstić information content (AvgIpc) is 2.79. The summed E-state index contributed by atoms with van der Waals surface area (Å²) in [5.41, 5.74) is 2.82. The predicted octanol–water partition coefficient (Wildman–Crippen LogP) is 3.27. The van der Waals surface area contributed by atoms with Crippen molar-refractivity contribution in [3.8, 4) is 5.75 Å². The van der Waals surface area contributed by atoms with E-state index in [-0.39, 0.29) is 18.4 Å². The highest BCUT2D eigenvalue weighted by atomic mass is 32.2. The summed E-state index contributed by atoms with van der Waals surface area (Å²) in [6, 6.07) is 11.9. The molecule has 0 aliphatic carbocycles. The van der Waals surface area contributed by atoms with Crippen LogP contribution in [0.15, 0.2) is 42.5 Å². The SMILES string of the molecule is COc1cccc(CN(C(=O)CN(c2cc(C)ccc2C)S(C)(=O)=O)[C@H](C)C(=O)NCC(C)C)c1. The third kappa shape index (κ3) is 7.99. The molecule has 0 saturated carbocycles. The molecule has 0 aromatic heterocycles. The third-order valence-electron chi connectivity index (χ3n) is 5.65. The number of methoxy groups -OCH3 is 1. The molecule has 0 bridgehead atoms. The van der Waals surface area contributed by atoms with Gasteiger partial charge in [0.05, 0.1) is 19.1 Å². The van der Waals surface area contributed by atoms with Crippen LogP contribution in [0.2, 0.25) is 0 Å². The minimum atomic E-state index is -3.77. The van der Waals surface area contributed by atoms with Crippen molar-refractivity contribution in [3.05, 3.63) is 59.2 Å². The number of carbonyl (C=O) groups excluding carboxylic acids is 2. The van der Waals surface area contributed by atoms with Crippen molar-refractivity contribution in [2.24, 2.45) is 5.92 Å². The van der Waals surface area contributed by atoms with Crippen molar-refractivity contribution >= 4 is 27.5 Å². The van der Waals surface area contributed by atoms with E-state index in [2.05, 4.69) is 5.32 Å². The zero-order valence-electron chi connectivity index (χ0n) is 21.7. The van der Waals surface area contributed by atoms with Gasteiger partial charge in [-0.15, -0.1) is 0 Å². The van der Waals surface area contributed by atoms with Gasteiger partial charge in [0, 0.05) is 13.1 Å². The molecule has 192 valence electrons. The Balaban J connectivity index is 2.43. The van der Waals surface area contributed by atoms with Gasteiger partial charge >= 0.3 is 0 Å². The first-order valence-electron chi connectivity index (χ1n) is 11.6. The van der Waals surface area contributed by atoms with Gasteiger partial charge in [0.15, 0.2) is 0 Å². The summed E-state index contributed by atoms with van der Waals surface area (Å²) in [4.78, 5) is 27.9. The molecular formula is C26H37N3O5S. The van der Waals surface area contributed by atoms with Gasteiger partial charge in [-0.05, 0) is 61.6 Å². The summed E-state index contributed by atoms with van der Waals surface area (Å²) in [6.45, 7) is 9.45. The van der Waals surface area contributed by atoms with Gasteiger partial charge in [-0.25, -0.2) is 8.42 Å². The lowest BCUT2D eigenvalue weighted by Crippen LogP contribution is -2.51. The van der Waals surface area contributed by atoms with Crippen LogP contribution in [0.3, 0.4) is 0 Å². The van der Waals surface area contributed by atoms with Gasteiger partial charge in [-0.2, -0.15) is 0 Å². The number of sulfonamides is 1. The Kier molecular flexibility index (Phi) is 9.71. The molecule has 2 rings (SSSR count). The van der Waals surface area contributed by atoms with Crippen LogP contribution in [0.5, 0.6) is 5.75 Å². The molecule has 0 unspecified atom stereocenters. The van der Waals surface area contributed by atoms with Crippen LogP contribution >= 0.6 is 0 Å². The molecule has 2 amide bonds. The van der Waals surface area contributed by atoms with E-state index >= 15 is 0 Å². The molecule has 0 aliphatic heterocycles. The van der Waals surface area contributed by atoms with E-state index in [9.17, 15) is 18.0 Å². The lowest BCUT2D eigenvalue weighted by Gasteiger charge is -2.32. The van der Waals surface area contributed by atoms with Crippen molar-refractivity contribution in [1.82, 2.24) is 10.2 Å². The predicted molar refractivity (Wildman–Crippen MR) is 139 cm³/mol. The van der Waals surface area contributed by atoms with Crippen molar-refractivity contribution in [3.63, 3.8) is 0 Å². The minimum Gasteiger partial charge on any atom is -0.497 e. The number of amides is 2. The summed E-state index contributed by atoms with van der Waals surface area (Å²) >= 11 is 0. The Morgan fingerprint density at radius 1 is 1.06 bits per heavy atom. The molecule has 2 aromatic carbocycles. The zero-order chi connectivity index (χ0) is 26.3. The molecule has 0 fully saturated rings. The smallest absolute Gasteiger partial charge is 0.244 e. The van der Waals surface area contributed by atoms with Crippen LogP contribution in [0.25, 0.3) is 0 Å². The number of hydrogen-bond acceptors (Lipinski definition) is 5. The number of nitrogens with zero attached hydrogens (tertiary/aromatic N) is 2. The number of rotatable bonds is 11. The van der Waals surface area contributed by atoms with Gasteiger partial charge in [0.1, 0.15) is 18.3 Å². The summed E-state index contributed by atoms with van der Waals surface area (Å²) in [5, 5.41) is 2.87. The number of ether oxygens (including phenoxy) is 1. The third-order valence-corrected chi connectivity index (χ3v) is 6.78. The van der Waals surface area contributed by atoms with Crippen LogP contribution in [0.4, 0.5) is 5.69 Å². The second-order valence-electron chi connectivity index (χ2n) is 9.25. The van der Waals surface area contributed by atoms with Gasteiger partial charge in [-0.1, -0.05) is 38.1 Å². The van der Waals surface area contributed by atoms with Crippen LogP contribution < -0.4 is 14.4 Å². The first kappa shape index (κ1) is 28.2. The number of anilines is 1. The Labute approximate surface area is 209 Å². The van der Waals surface area contributed by atoms with E-state index in [1.807, 2.05) is 39.0 Å². The molecular weight excluding hydrogens is 466 g/mol. The topological polar surface area (TPSA) is 96.0 Å². The van der Waals surface area contributed by atoms with Crippen LogP contribution in [0.1, 0.15) is 37.5 Å². The number of benzene rings is 2. The highest BCUT2D eigenvalue weighted by Gasteiger charge is 2.30. The van der Waals surface area contributed by atoms with Crippen LogP contribution in [-0.2, 0) is 26.2 Å². The first-order chi connectivity index (χ1) is 16.3. The fraction of sp³-hybridized carbons (Fsp3) is 0.462. The number of carbonyl (C=O) groups is 2. The van der Waals surface area contributed by atoms with Crippen molar-refractivity contribution in [2.45, 2.75) is 47.2 Å². The molecule has 0 spiro atoms. The Hall–Kier alpha value is -3.07. The molecule has 9 heteroatoms. The normalized spacial score (nSPS) is 12.2. The lowest BCUT2D eigenvalue weighted by molar-refractivity contribution is -0.139. The molecule has 2 aromatic rings. The van der Waals surface area contributed by atoms with Gasteiger partial charge in [-0.3, -0.25) is 13.9 Å². The quantitative estimate of drug-likeness (QED) is 0.508. The monoisotopic (exact) mass is 503 g/mol. The number of aryl methyl sites for hydroxylation is 2. The van der Waals surface area contributed by atoms with Gasteiger partial charge in [0.25, 0.3) is 0 Å². The average molecular weight is 504 g/mol. The Bertz CT molecular complexity index is 1150. The van der Waals surface area contributed by atoms with E-state index in [0.29, 0.717) is 18.0 Å². The molecule has 8 nitrogen and oxygen atoms in total. The van der Waals surface area contributed by atoms with Gasteiger partial charge in [0.2, 0.25) is 21.8 Å². The fourth-order valence-corrected chi connectivity index (χ4v) is 4.48. The molecule has 0 heterocycles. The highest BCUT2D eigenvalue weighted by Crippen LogP contribution is 2.25. The maximum atomic E-state index is 13.6. The Morgan fingerprint density at radius 3 is 2.34 bits per heavy atom. The van der Waals surface area contributed by atoms with Gasteiger partial charge < -0.3 is 15.0 Å². The van der Waals surface area contributed by atoms with Crippen LogP contribution in [0, 0.1) is 19.8 Å². The van der Waals surface area contributed by atoms with Crippen molar-refractivity contribution < 1.29 is 22.7 Å². The van der Waals surface area contributed by atoms with Crippen LogP contribution in [-0.4, -0.2) is 57.6 Å². The summed E-state index contributed by atoms with van der Waals surface area (Å²) in [7, 11) is -2.22. The maximum absolute atomic E-state index is 13.6. The molecule has 35 heavy (non-hydrogen) atoms. The lowest BCUT2D eigenvalue weighted by atomic mass is 10.1. The van der Waals surface area contributed by atoms with E-state index in [0.717, 1.165) is 27.3 Å². The molecule has 0 aliphatic rings. The molecule has 0 saturated heterocycles. The zero-order valence-corrected chi connectivity index (χ0v) is 22.5. The summed E-state index contributed by atoms with van der Waals surface area (Å²) in [6.07, 6.45) is 1.08. The van der Waals surface area contributed by atoms with Crippen molar-refractivity contribution in [1.29, 1.82) is 0 Å². The largest absolute Gasteiger partial charge is 0.497 e. The van der Waals surface area contributed by atoms with E-state index < -0.39 is 28.5 Å². The van der Waals surface area contributed by atoms with Crippen molar-refractivity contribution in [2.75, 3.05) is 30.8 Å². The highest BCUT2D eigenvalue weighted by molar-refractivity contribution is 7.92. The summed E-state index contributed by atoms with van der Waals surface area (Å²) < 4.78 is 31.9. The standard InChI is InChI=1S/C26H37N3O5S/c1-18(2)15-27-26(31)21(5)28(16-22-9-8-10-23(14-22)34-6)25(30)17-29(35(7,32)33)24-13-19(3)11-12-20(24)4/h8-14,18,21H,15-17H2,1-7H3,(H,27,31)/t21-/m1/s1. The number of hydrogen-bond donors (Lipinski definition) is 1. The summed E-state index contributed by atoms with van der Waals surface area (Å²) in [5.74, 6) is 0.0950. The van der Waals surface area contributed by atoms with E-state index in [1.165, 1.54) is 4.90 Å². The van der Waals surface area contributed by atoms with E-state index in [4.69, 9.17) is 4.74 Å². The van der Waals surface area contributed by atoms with E-state index in [1.54, 1.807) is 45.2 Å². The fourth-order valence-electron chi connectivity index (χ4n) is 3.59. The number of nitrogens with one attached hydrogen (secondary N) is 1. The molecule has 0 radical (unpaired) electrons. The second kappa shape index (κ2) is 12.1.